The number of carbonyl (C=O) groups is 1. The normalized spacial score (nSPS) is 25.7. The van der Waals surface area contributed by atoms with Crippen LogP contribution in [0.2, 0.25) is 0 Å². The number of rotatable bonds is 18. The summed E-state index contributed by atoms with van der Waals surface area (Å²) in [6.45, 7) is 6.45. The van der Waals surface area contributed by atoms with Gasteiger partial charge in [0.15, 0.2) is 6.61 Å². The first-order valence-corrected chi connectivity index (χ1v) is 18.8. The van der Waals surface area contributed by atoms with Gasteiger partial charge < -0.3 is 39.9 Å². The molecule has 0 radical (unpaired) electrons. The first kappa shape index (κ1) is 35.1. The molecule has 9 nitrogen and oxygen atoms in total. The van der Waals surface area contributed by atoms with Crippen molar-refractivity contribution in [1.82, 2.24) is 5.32 Å². The molecule has 0 unspecified atom stereocenters. The fourth-order valence-corrected chi connectivity index (χ4v) is 8.92. The second kappa shape index (κ2) is 16.3. The monoisotopic (exact) mass is 664 g/mol. The van der Waals surface area contributed by atoms with Crippen molar-refractivity contribution in [2.75, 3.05) is 57.8 Å². The number of amides is 1. The molecule has 0 aromatic heterocycles. The number of phenolic OH excluding ortho intramolecular Hbond substituents is 1. The number of phenols is 1. The lowest BCUT2D eigenvalue weighted by Gasteiger charge is -2.53. The predicted octanol–water partition coefficient (Wildman–Crippen LogP) is 5.78. The van der Waals surface area contributed by atoms with E-state index < -0.39 is 11.7 Å². The van der Waals surface area contributed by atoms with Gasteiger partial charge in [-0.1, -0.05) is 68.9 Å². The van der Waals surface area contributed by atoms with Crippen LogP contribution in [0.25, 0.3) is 0 Å². The molecule has 5 N–H and O–H groups in total. The van der Waals surface area contributed by atoms with Gasteiger partial charge in [0.05, 0.1) is 38.0 Å². The van der Waals surface area contributed by atoms with Gasteiger partial charge in [-0.2, -0.15) is 0 Å². The largest absolute Gasteiger partial charge is 0.508 e. The number of quaternary nitrogens is 1. The first-order chi connectivity index (χ1) is 23.4. The minimum atomic E-state index is -0.880. The lowest BCUT2D eigenvalue weighted by molar-refractivity contribution is -0.946. The van der Waals surface area contributed by atoms with Gasteiger partial charge in [-0.15, -0.1) is 0 Å². The Morgan fingerprint density at radius 3 is 2.44 bits per heavy atom. The molecule has 2 aromatic rings. The number of hydrogen-bond acceptors (Lipinski definition) is 7. The first-order valence-electron chi connectivity index (χ1n) is 18.8. The molecule has 1 amide bonds. The number of carbonyl (C=O) groups excluding carboxylic acids is 1. The average Bonchev–Trinajstić information content (AvgIpc) is 3.66. The van der Waals surface area contributed by atoms with Gasteiger partial charge >= 0.3 is 0 Å². The molecular weight excluding hydrogens is 606 g/mol. The maximum atomic E-state index is 12.0. The van der Waals surface area contributed by atoms with E-state index in [1.807, 2.05) is 18.2 Å². The molecule has 1 saturated carbocycles. The fourth-order valence-electron chi connectivity index (χ4n) is 8.92. The number of hydrogen-bond donors (Lipinski definition) is 5. The van der Waals surface area contributed by atoms with Crippen LogP contribution in [0.15, 0.2) is 42.5 Å². The minimum Gasteiger partial charge on any atom is -0.508 e. The molecule has 3 atom stereocenters. The molecule has 48 heavy (non-hydrogen) atoms. The Bertz CT molecular complexity index is 1330. The van der Waals surface area contributed by atoms with Crippen molar-refractivity contribution in [1.29, 1.82) is 0 Å². The van der Waals surface area contributed by atoms with Crippen molar-refractivity contribution < 1.29 is 34.1 Å². The smallest absolute Gasteiger partial charge is 0.262 e. The Morgan fingerprint density at radius 2 is 1.69 bits per heavy atom. The van der Waals surface area contributed by atoms with Crippen LogP contribution >= 0.6 is 0 Å². The van der Waals surface area contributed by atoms with Crippen molar-refractivity contribution >= 4 is 11.6 Å². The van der Waals surface area contributed by atoms with E-state index in [1.54, 1.807) is 0 Å². The summed E-state index contributed by atoms with van der Waals surface area (Å²) in [6.07, 6.45) is 15.1. The maximum Gasteiger partial charge on any atom is 0.262 e. The molecule has 0 spiro atoms. The second-order valence-corrected chi connectivity index (χ2v) is 15.1. The van der Waals surface area contributed by atoms with E-state index in [4.69, 9.17) is 9.47 Å². The highest BCUT2D eigenvalue weighted by molar-refractivity contribution is 5.96. The minimum absolute atomic E-state index is 0.0148. The van der Waals surface area contributed by atoms with Crippen LogP contribution in [-0.4, -0.2) is 84.3 Å². The molecule has 9 heteroatoms. The Balaban J connectivity index is 0.848. The summed E-state index contributed by atoms with van der Waals surface area (Å²) in [4.78, 5) is 11.6. The van der Waals surface area contributed by atoms with Crippen molar-refractivity contribution in [2.45, 2.75) is 101 Å². The maximum absolute atomic E-state index is 12.0. The van der Waals surface area contributed by atoms with Crippen LogP contribution < -0.4 is 15.4 Å². The molecule has 2 aromatic carbocycles. The number of nitrogens with zero attached hydrogens (tertiary/aromatic N) is 1. The topological polar surface area (TPSA) is 120 Å². The number of benzene rings is 2. The molecule has 1 aliphatic carbocycles. The van der Waals surface area contributed by atoms with Gasteiger partial charge in [0.2, 0.25) is 0 Å². The number of fused-ring (bicyclic) bond motifs is 4. The summed E-state index contributed by atoms with van der Waals surface area (Å²) >= 11 is 0. The number of piperidine rings is 3. The van der Waals surface area contributed by atoms with Gasteiger partial charge in [0.25, 0.3) is 5.91 Å². The summed E-state index contributed by atoms with van der Waals surface area (Å²) < 4.78 is 13.5. The molecule has 2 bridgehead atoms. The van der Waals surface area contributed by atoms with E-state index in [1.165, 1.54) is 94.0 Å². The summed E-state index contributed by atoms with van der Waals surface area (Å²) in [5.41, 5.74) is 1.02. The number of aliphatic hydroxyl groups excluding tert-OH is 1. The number of anilines is 1. The van der Waals surface area contributed by atoms with Crippen molar-refractivity contribution in [3.05, 3.63) is 53.6 Å². The summed E-state index contributed by atoms with van der Waals surface area (Å²) in [5, 5.41) is 38.7. The zero-order valence-corrected chi connectivity index (χ0v) is 28.7. The number of ether oxygens (including phenoxy) is 2. The van der Waals surface area contributed by atoms with Gasteiger partial charge in [-0.3, -0.25) is 4.79 Å². The highest BCUT2D eigenvalue weighted by atomic mass is 16.5. The van der Waals surface area contributed by atoms with Crippen LogP contribution in [0.3, 0.4) is 0 Å². The van der Waals surface area contributed by atoms with E-state index in [0.29, 0.717) is 36.1 Å². The third-order valence-corrected chi connectivity index (χ3v) is 11.8. The second-order valence-electron chi connectivity index (χ2n) is 15.1. The Kier molecular flexibility index (Phi) is 12.0. The van der Waals surface area contributed by atoms with E-state index in [2.05, 4.69) is 22.8 Å². The lowest BCUT2D eigenvalue weighted by atomic mass is 9.80. The van der Waals surface area contributed by atoms with Crippen molar-refractivity contribution in [3.63, 3.8) is 0 Å². The number of aromatic hydroxyl groups is 1. The third-order valence-electron chi connectivity index (χ3n) is 11.8. The summed E-state index contributed by atoms with van der Waals surface area (Å²) in [6, 6.07) is 13.2. The molecule has 3 saturated heterocycles. The van der Waals surface area contributed by atoms with Gasteiger partial charge in [0, 0.05) is 36.9 Å². The molecule has 7 rings (SSSR count). The van der Waals surface area contributed by atoms with Crippen LogP contribution in [0, 0.1) is 11.8 Å². The number of aliphatic hydroxyl groups is 2. The zero-order valence-electron chi connectivity index (χ0n) is 28.7. The van der Waals surface area contributed by atoms with Gasteiger partial charge in [-0.05, 0) is 56.2 Å². The van der Waals surface area contributed by atoms with E-state index in [0.717, 1.165) is 44.3 Å². The standard InChI is InChI=1S/C39H57N3O6/c43-32-23-33(38-34(24-32)41-37(45)27-47-38)35(44)25-40-19-11-4-2-1-3-5-12-20-42-21-17-29(18-22-42)36(26-42)48-28-39(46,31-15-9-10-16-31)30-13-7-6-8-14-30/h6-8,13-14,23-24,29,31,35-36,40,44,46H,1-5,9-12,15-22,25-28H2,(H-,41,43,45)/p+1/t29?,35-,36-,39+,42?/m0/s1. The number of nitrogens with one attached hydrogen (secondary N) is 2. The van der Waals surface area contributed by atoms with E-state index in [9.17, 15) is 20.1 Å². The van der Waals surface area contributed by atoms with Crippen molar-refractivity contribution in [3.8, 4) is 11.5 Å². The highest BCUT2D eigenvalue weighted by Gasteiger charge is 2.48. The molecule has 4 fully saturated rings. The lowest BCUT2D eigenvalue weighted by Crippen LogP contribution is -2.64. The molecule has 5 aliphatic rings. The molecule has 4 heterocycles. The highest BCUT2D eigenvalue weighted by Crippen LogP contribution is 2.43. The number of unbranched alkanes of at least 4 members (excludes halogenated alkanes) is 6. The van der Waals surface area contributed by atoms with Crippen LogP contribution in [0.1, 0.15) is 101 Å². The predicted molar refractivity (Wildman–Crippen MR) is 187 cm³/mol. The van der Waals surface area contributed by atoms with Gasteiger partial charge in [-0.25, -0.2) is 0 Å². The third kappa shape index (κ3) is 8.53. The van der Waals surface area contributed by atoms with Crippen LogP contribution in [-0.2, 0) is 15.1 Å². The fraction of sp³-hybridized carbons (Fsp3) is 0.667. The molecular formula is C39H58N3O6+. The van der Waals surface area contributed by atoms with E-state index in [-0.39, 0.29) is 30.3 Å². The van der Waals surface area contributed by atoms with Crippen LogP contribution in [0.5, 0.6) is 11.5 Å². The summed E-state index contributed by atoms with van der Waals surface area (Å²) in [7, 11) is 0. The van der Waals surface area contributed by atoms with Gasteiger partial charge in [0.1, 0.15) is 29.7 Å². The van der Waals surface area contributed by atoms with Crippen molar-refractivity contribution in [2.24, 2.45) is 11.8 Å². The Labute approximate surface area is 286 Å². The SMILES string of the molecule is O=C1COc2c(cc(O)cc2[C@@H](O)CNCCCCCCCCC[N+]23CCC(CC2)[C@@H](OC[C@@](O)(c2ccccc2)C2CCCC2)C3)N1. The summed E-state index contributed by atoms with van der Waals surface area (Å²) in [5.74, 6) is 1.07. The Morgan fingerprint density at radius 1 is 0.979 bits per heavy atom. The van der Waals surface area contributed by atoms with Crippen LogP contribution in [0.4, 0.5) is 5.69 Å². The quantitative estimate of drug-likeness (QED) is 0.101. The average molecular weight is 665 g/mol. The molecule has 264 valence electrons. The zero-order chi connectivity index (χ0) is 33.4. The Hall–Kier alpha value is -2.69. The van der Waals surface area contributed by atoms with E-state index >= 15 is 0 Å². The molecule has 4 aliphatic heterocycles.